The minimum Gasteiger partial charge on any atom is -0.496 e. The molecule has 2 N–H and O–H groups in total. The molecule has 0 spiro atoms. The molecule has 0 atom stereocenters. The number of rotatable bonds is 5. The summed E-state index contributed by atoms with van der Waals surface area (Å²) in [6.07, 6.45) is 0.311. The van der Waals surface area contributed by atoms with Crippen molar-refractivity contribution in [1.29, 1.82) is 0 Å². The van der Waals surface area contributed by atoms with Crippen LogP contribution in [-0.2, 0) is 17.8 Å². The molecule has 0 bridgehead atoms. The van der Waals surface area contributed by atoms with Crippen molar-refractivity contribution in [2.75, 3.05) is 7.11 Å². The highest BCUT2D eigenvalue weighted by molar-refractivity contribution is 5.85. The monoisotopic (exact) mass is 308 g/mol. The number of aromatic amines is 1. The van der Waals surface area contributed by atoms with Gasteiger partial charge >= 0.3 is 0 Å². The molecule has 2 aromatic carbocycles. The fraction of sp³-hybridized carbons (Fsp3) is 0.211. The van der Waals surface area contributed by atoms with Crippen molar-refractivity contribution in [1.82, 2.24) is 10.3 Å². The van der Waals surface area contributed by atoms with Crippen molar-refractivity contribution in [3.8, 4) is 5.75 Å². The Hall–Kier alpha value is -2.75. The lowest BCUT2D eigenvalue weighted by Gasteiger charge is -2.09. The maximum absolute atomic E-state index is 12.2. The fourth-order valence-corrected chi connectivity index (χ4v) is 2.83. The van der Waals surface area contributed by atoms with E-state index in [0.29, 0.717) is 13.0 Å². The molecule has 0 unspecified atom stereocenters. The van der Waals surface area contributed by atoms with E-state index in [2.05, 4.69) is 16.4 Å². The lowest BCUT2D eigenvalue weighted by molar-refractivity contribution is -0.120. The van der Waals surface area contributed by atoms with Gasteiger partial charge in [-0.1, -0.05) is 36.4 Å². The number of carbonyl (C=O) groups excluding carboxylic acids is 1. The number of carbonyl (C=O) groups is 1. The van der Waals surface area contributed by atoms with Crippen molar-refractivity contribution >= 4 is 16.8 Å². The van der Waals surface area contributed by atoms with E-state index in [1.165, 1.54) is 0 Å². The van der Waals surface area contributed by atoms with Gasteiger partial charge in [0.25, 0.3) is 0 Å². The normalized spacial score (nSPS) is 10.7. The number of fused-ring (bicyclic) bond motifs is 1. The highest BCUT2D eigenvalue weighted by Crippen LogP contribution is 2.22. The standard InChI is InChI=1S/C19H20N2O2/c1-13-16(15-8-4-5-9-17(15)21-13)12-20-19(22)11-14-7-3-6-10-18(14)23-2/h3-10,21H,11-12H2,1-2H3,(H,20,22). The molecule has 3 aromatic rings. The third kappa shape index (κ3) is 3.21. The summed E-state index contributed by atoms with van der Waals surface area (Å²) in [5.74, 6) is 0.727. The number of hydrogen-bond acceptors (Lipinski definition) is 2. The Morgan fingerprint density at radius 3 is 2.70 bits per heavy atom. The number of aromatic nitrogens is 1. The van der Waals surface area contributed by atoms with Crippen LogP contribution in [-0.4, -0.2) is 18.0 Å². The van der Waals surface area contributed by atoms with Crippen molar-refractivity contribution in [3.05, 3.63) is 65.4 Å². The van der Waals surface area contributed by atoms with Gasteiger partial charge in [0.1, 0.15) is 5.75 Å². The Morgan fingerprint density at radius 1 is 1.13 bits per heavy atom. The summed E-state index contributed by atoms with van der Waals surface area (Å²) in [6.45, 7) is 2.55. The van der Waals surface area contributed by atoms with Crippen LogP contribution in [0.15, 0.2) is 48.5 Å². The highest BCUT2D eigenvalue weighted by atomic mass is 16.5. The molecule has 4 nitrogen and oxygen atoms in total. The predicted octanol–water partition coefficient (Wildman–Crippen LogP) is 3.34. The molecule has 0 aliphatic heterocycles. The summed E-state index contributed by atoms with van der Waals surface area (Å²) in [5.41, 5.74) is 4.21. The van der Waals surface area contributed by atoms with E-state index in [4.69, 9.17) is 4.74 Å². The van der Waals surface area contributed by atoms with E-state index in [1.807, 2.05) is 49.4 Å². The number of hydrogen-bond donors (Lipinski definition) is 2. The van der Waals surface area contributed by atoms with E-state index in [1.54, 1.807) is 7.11 Å². The van der Waals surface area contributed by atoms with Gasteiger partial charge in [0.15, 0.2) is 0 Å². The van der Waals surface area contributed by atoms with Crippen molar-refractivity contribution < 1.29 is 9.53 Å². The molecule has 118 valence electrons. The number of H-pyrrole nitrogens is 1. The molecule has 0 aliphatic carbocycles. The minimum atomic E-state index is -0.0146. The molecular weight excluding hydrogens is 288 g/mol. The lowest BCUT2D eigenvalue weighted by atomic mass is 10.1. The van der Waals surface area contributed by atoms with Gasteiger partial charge in [-0.2, -0.15) is 0 Å². The number of para-hydroxylation sites is 2. The topological polar surface area (TPSA) is 54.1 Å². The third-order valence-electron chi connectivity index (χ3n) is 4.03. The first-order chi connectivity index (χ1) is 11.2. The van der Waals surface area contributed by atoms with Crippen LogP contribution in [0.3, 0.4) is 0 Å². The van der Waals surface area contributed by atoms with Crippen LogP contribution in [0.5, 0.6) is 5.75 Å². The van der Waals surface area contributed by atoms with Crippen LogP contribution >= 0.6 is 0 Å². The first-order valence-electron chi connectivity index (χ1n) is 7.64. The van der Waals surface area contributed by atoms with Gasteiger partial charge in [0, 0.05) is 28.7 Å². The smallest absolute Gasteiger partial charge is 0.224 e. The molecule has 1 aromatic heterocycles. The van der Waals surface area contributed by atoms with Crippen molar-refractivity contribution in [2.24, 2.45) is 0 Å². The van der Waals surface area contributed by atoms with Crippen LogP contribution in [0.4, 0.5) is 0 Å². The Morgan fingerprint density at radius 2 is 1.87 bits per heavy atom. The second-order valence-electron chi connectivity index (χ2n) is 5.54. The molecule has 23 heavy (non-hydrogen) atoms. The molecule has 0 radical (unpaired) electrons. The molecule has 0 fully saturated rings. The highest BCUT2D eigenvalue weighted by Gasteiger charge is 2.11. The molecule has 0 aliphatic rings. The predicted molar refractivity (Wildman–Crippen MR) is 91.6 cm³/mol. The first-order valence-corrected chi connectivity index (χ1v) is 7.64. The zero-order chi connectivity index (χ0) is 16.2. The van der Waals surface area contributed by atoms with Crippen molar-refractivity contribution in [2.45, 2.75) is 19.9 Å². The van der Waals surface area contributed by atoms with Gasteiger partial charge in [0.05, 0.1) is 13.5 Å². The minimum absolute atomic E-state index is 0.0146. The summed E-state index contributed by atoms with van der Waals surface area (Å²) in [4.78, 5) is 15.6. The summed E-state index contributed by atoms with van der Waals surface area (Å²) in [5, 5.41) is 4.16. The molecule has 1 heterocycles. The lowest BCUT2D eigenvalue weighted by Crippen LogP contribution is -2.25. The third-order valence-corrected chi connectivity index (χ3v) is 4.03. The average molecular weight is 308 g/mol. The number of ether oxygens (including phenoxy) is 1. The van der Waals surface area contributed by atoms with E-state index < -0.39 is 0 Å². The molecule has 0 saturated heterocycles. The van der Waals surface area contributed by atoms with E-state index in [-0.39, 0.29) is 5.91 Å². The molecule has 0 saturated carbocycles. The fourth-order valence-electron chi connectivity index (χ4n) is 2.83. The van der Waals surface area contributed by atoms with Gasteiger partial charge in [-0.25, -0.2) is 0 Å². The zero-order valence-corrected chi connectivity index (χ0v) is 13.3. The van der Waals surface area contributed by atoms with Crippen LogP contribution in [0.2, 0.25) is 0 Å². The maximum atomic E-state index is 12.2. The SMILES string of the molecule is COc1ccccc1CC(=O)NCc1c(C)[nH]c2ccccc12. The Bertz CT molecular complexity index is 836. The number of amides is 1. The van der Waals surface area contributed by atoms with Crippen LogP contribution in [0.25, 0.3) is 10.9 Å². The molecule has 1 amide bonds. The second-order valence-corrected chi connectivity index (χ2v) is 5.54. The molecule has 4 heteroatoms. The van der Waals surface area contributed by atoms with Gasteiger partial charge < -0.3 is 15.0 Å². The van der Waals surface area contributed by atoms with E-state index >= 15 is 0 Å². The average Bonchev–Trinajstić information content (AvgIpc) is 2.88. The zero-order valence-electron chi connectivity index (χ0n) is 13.3. The maximum Gasteiger partial charge on any atom is 0.224 e. The first kappa shape index (κ1) is 15.2. The summed E-state index contributed by atoms with van der Waals surface area (Å²) in [6, 6.07) is 15.7. The quantitative estimate of drug-likeness (QED) is 0.759. The number of nitrogens with one attached hydrogen (secondary N) is 2. The van der Waals surface area contributed by atoms with Gasteiger partial charge in [-0.3, -0.25) is 4.79 Å². The van der Waals surface area contributed by atoms with Gasteiger partial charge in [-0.05, 0) is 24.6 Å². The summed E-state index contributed by atoms with van der Waals surface area (Å²) < 4.78 is 5.29. The van der Waals surface area contributed by atoms with Crippen LogP contribution in [0, 0.1) is 6.92 Å². The molecular formula is C19H20N2O2. The van der Waals surface area contributed by atoms with E-state index in [0.717, 1.165) is 33.5 Å². The van der Waals surface area contributed by atoms with Crippen molar-refractivity contribution in [3.63, 3.8) is 0 Å². The van der Waals surface area contributed by atoms with Gasteiger partial charge in [-0.15, -0.1) is 0 Å². The number of aryl methyl sites for hydroxylation is 1. The Labute approximate surface area is 135 Å². The number of methoxy groups -OCH3 is 1. The summed E-state index contributed by atoms with van der Waals surface area (Å²) in [7, 11) is 1.62. The summed E-state index contributed by atoms with van der Waals surface area (Å²) >= 11 is 0. The Kier molecular flexibility index (Phi) is 4.33. The second kappa shape index (κ2) is 6.57. The van der Waals surface area contributed by atoms with Crippen LogP contribution in [0.1, 0.15) is 16.8 Å². The van der Waals surface area contributed by atoms with Gasteiger partial charge in [0.2, 0.25) is 5.91 Å². The Balaban J connectivity index is 1.70. The molecule has 3 rings (SSSR count). The number of benzene rings is 2. The van der Waals surface area contributed by atoms with E-state index in [9.17, 15) is 4.79 Å². The van der Waals surface area contributed by atoms with Crippen LogP contribution < -0.4 is 10.1 Å². The largest absolute Gasteiger partial charge is 0.496 e.